The van der Waals surface area contributed by atoms with Gasteiger partial charge in [0.25, 0.3) is 0 Å². The maximum atomic E-state index is 5.73. The van der Waals surface area contributed by atoms with Crippen LogP contribution in [-0.4, -0.2) is 15.9 Å². The summed E-state index contributed by atoms with van der Waals surface area (Å²) in [5, 5.41) is 0. The highest BCUT2D eigenvalue weighted by Gasteiger charge is 2.11. The third kappa shape index (κ3) is 4.07. The van der Waals surface area contributed by atoms with Crippen LogP contribution in [0.15, 0.2) is 48.5 Å². The van der Waals surface area contributed by atoms with E-state index in [1.165, 1.54) is 5.56 Å². The van der Waals surface area contributed by atoms with Crippen molar-refractivity contribution >= 4 is 5.82 Å². The molecule has 100 valence electrons. The highest BCUT2D eigenvalue weighted by atomic mass is 15.2. The molecule has 2 N–H and O–H groups in total. The molecule has 3 heteroatoms. The Balaban J connectivity index is 2.08. The van der Waals surface area contributed by atoms with Crippen LogP contribution < -0.4 is 5.73 Å². The van der Waals surface area contributed by atoms with Gasteiger partial charge in [0, 0.05) is 19.1 Å². The van der Waals surface area contributed by atoms with Crippen molar-refractivity contribution in [3.8, 4) is 0 Å². The first-order valence-electron chi connectivity index (χ1n) is 6.64. The van der Waals surface area contributed by atoms with E-state index in [0.29, 0.717) is 11.9 Å². The predicted octanol–water partition coefficient (Wildman–Crippen LogP) is 3.07. The average molecular weight is 255 g/mol. The second-order valence-electron chi connectivity index (χ2n) is 5.04. The van der Waals surface area contributed by atoms with Crippen molar-refractivity contribution in [1.29, 1.82) is 0 Å². The maximum Gasteiger partial charge on any atom is 0.123 e. The van der Waals surface area contributed by atoms with Crippen molar-refractivity contribution < 1.29 is 0 Å². The van der Waals surface area contributed by atoms with Crippen LogP contribution in [-0.2, 0) is 13.1 Å². The molecule has 1 aromatic carbocycles. The molecule has 3 nitrogen and oxygen atoms in total. The number of anilines is 1. The second kappa shape index (κ2) is 6.34. The number of pyridine rings is 1. The van der Waals surface area contributed by atoms with Gasteiger partial charge in [-0.3, -0.25) is 4.90 Å². The zero-order chi connectivity index (χ0) is 13.7. The van der Waals surface area contributed by atoms with Crippen LogP contribution in [0.2, 0.25) is 0 Å². The van der Waals surface area contributed by atoms with Crippen molar-refractivity contribution in [2.75, 3.05) is 5.73 Å². The number of hydrogen-bond acceptors (Lipinski definition) is 3. The number of rotatable bonds is 5. The van der Waals surface area contributed by atoms with Gasteiger partial charge in [0.1, 0.15) is 5.82 Å². The lowest BCUT2D eigenvalue weighted by Gasteiger charge is -2.26. The quantitative estimate of drug-likeness (QED) is 0.892. The number of nitrogen functional groups attached to an aromatic ring is 1. The van der Waals surface area contributed by atoms with E-state index in [-0.39, 0.29) is 0 Å². The van der Waals surface area contributed by atoms with Crippen molar-refractivity contribution in [3.05, 3.63) is 59.8 Å². The lowest BCUT2D eigenvalue weighted by molar-refractivity contribution is 0.201. The van der Waals surface area contributed by atoms with E-state index in [1.807, 2.05) is 24.3 Å². The molecule has 0 saturated heterocycles. The van der Waals surface area contributed by atoms with E-state index in [9.17, 15) is 0 Å². The van der Waals surface area contributed by atoms with E-state index in [4.69, 9.17) is 5.73 Å². The van der Waals surface area contributed by atoms with Crippen molar-refractivity contribution in [1.82, 2.24) is 9.88 Å². The lowest BCUT2D eigenvalue weighted by atomic mass is 10.2. The van der Waals surface area contributed by atoms with E-state index in [2.05, 4.69) is 48.0 Å². The number of aromatic nitrogens is 1. The highest BCUT2D eigenvalue weighted by molar-refractivity contribution is 5.28. The van der Waals surface area contributed by atoms with E-state index in [0.717, 1.165) is 18.8 Å². The minimum atomic E-state index is 0.462. The van der Waals surface area contributed by atoms with Crippen LogP contribution >= 0.6 is 0 Å². The molecule has 0 aliphatic carbocycles. The fraction of sp³-hybridized carbons (Fsp3) is 0.312. The van der Waals surface area contributed by atoms with Gasteiger partial charge in [-0.15, -0.1) is 0 Å². The Morgan fingerprint density at radius 1 is 1.00 bits per heavy atom. The Labute approximate surface area is 115 Å². The van der Waals surface area contributed by atoms with Crippen molar-refractivity contribution in [2.24, 2.45) is 0 Å². The first-order chi connectivity index (χ1) is 9.15. The lowest BCUT2D eigenvalue weighted by Crippen LogP contribution is -2.30. The van der Waals surface area contributed by atoms with Gasteiger partial charge in [-0.25, -0.2) is 4.98 Å². The summed E-state index contributed by atoms with van der Waals surface area (Å²) in [5.41, 5.74) is 8.07. The van der Waals surface area contributed by atoms with E-state index >= 15 is 0 Å². The third-order valence-corrected chi connectivity index (χ3v) is 3.15. The fourth-order valence-corrected chi connectivity index (χ4v) is 2.03. The zero-order valence-electron chi connectivity index (χ0n) is 11.6. The molecule has 0 aliphatic rings. The Bertz CT molecular complexity index is 508. The van der Waals surface area contributed by atoms with Gasteiger partial charge in [0.15, 0.2) is 0 Å². The molecule has 1 aromatic heterocycles. The van der Waals surface area contributed by atoms with E-state index in [1.54, 1.807) is 0 Å². The Kier molecular flexibility index (Phi) is 4.53. The van der Waals surface area contributed by atoms with Gasteiger partial charge in [-0.05, 0) is 31.5 Å². The first-order valence-corrected chi connectivity index (χ1v) is 6.64. The molecule has 0 bridgehead atoms. The van der Waals surface area contributed by atoms with Crippen LogP contribution in [0.3, 0.4) is 0 Å². The summed E-state index contributed by atoms with van der Waals surface area (Å²) < 4.78 is 0. The maximum absolute atomic E-state index is 5.73. The molecular formula is C16H21N3. The van der Waals surface area contributed by atoms with Crippen LogP contribution in [0.25, 0.3) is 0 Å². The highest BCUT2D eigenvalue weighted by Crippen LogP contribution is 2.12. The molecule has 0 fully saturated rings. The van der Waals surface area contributed by atoms with Gasteiger partial charge in [-0.2, -0.15) is 0 Å². The van der Waals surface area contributed by atoms with E-state index < -0.39 is 0 Å². The molecule has 0 spiro atoms. The average Bonchev–Trinajstić information content (AvgIpc) is 2.39. The second-order valence-corrected chi connectivity index (χ2v) is 5.04. The largest absolute Gasteiger partial charge is 0.384 e. The van der Waals surface area contributed by atoms with Crippen molar-refractivity contribution in [3.63, 3.8) is 0 Å². The molecule has 19 heavy (non-hydrogen) atoms. The monoisotopic (exact) mass is 255 g/mol. The minimum Gasteiger partial charge on any atom is -0.384 e. The summed E-state index contributed by atoms with van der Waals surface area (Å²) in [6.45, 7) is 6.15. The Morgan fingerprint density at radius 3 is 2.37 bits per heavy atom. The molecule has 1 heterocycles. The normalized spacial score (nSPS) is 11.2. The van der Waals surface area contributed by atoms with Gasteiger partial charge >= 0.3 is 0 Å². The molecule has 0 unspecified atom stereocenters. The van der Waals surface area contributed by atoms with Gasteiger partial charge in [-0.1, -0.05) is 36.4 Å². The summed E-state index contributed by atoms with van der Waals surface area (Å²) in [6.07, 6.45) is 0. The standard InChI is InChI=1S/C16H21N3/c1-13(2)19(11-14-7-4-3-5-8-14)12-15-9-6-10-16(17)18-15/h3-10,13H,11-12H2,1-2H3,(H2,17,18). The molecular weight excluding hydrogens is 234 g/mol. The number of nitrogens with two attached hydrogens (primary N) is 1. The minimum absolute atomic E-state index is 0.462. The van der Waals surface area contributed by atoms with Crippen LogP contribution in [0, 0.1) is 0 Å². The summed E-state index contributed by atoms with van der Waals surface area (Å²) in [7, 11) is 0. The number of hydrogen-bond donors (Lipinski definition) is 1. The molecule has 0 aliphatic heterocycles. The SMILES string of the molecule is CC(C)N(Cc1ccccc1)Cc1cccc(N)n1. The molecule has 2 aromatic rings. The van der Waals surface area contributed by atoms with Crippen LogP contribution in [0.4, 0.5) is 5.82 Å². The molecule has 2 rings (SSSR count). The van der Waals surface area contributed by atoms with Crippen LogP contribution in [0.5, 0.6) is 0 Å². The number of benzene rings is 1. The summed E-state index contributed by atoms with van der Waals surface area (Å²) >= 11 is 0. The molecule has 0 atom stereocenters. The smallest absolute Gasteiger partial charge is 0.123 e. The first kappa shape index (κ1) is 13.6. The molecule has 0 saturated carbocycles. The summed E-state index contributed by atoms with van der Waals surface area (Å²) in [5.74, 6) is 0.584. The Hall–Kier alpha value is -1.87. The third-order valence-electron chi connectivity index (χ3n) is 3.15. The molecule has 0 amide bonds. The van der Waals surface area contributed by atoms with Crippen LogP contribution in [0.1, 0.15) is 25.1 Å². The van der Waals surface area contributed by atoms with Gasteiger partial charge in [0.2, 0.25) is 0 Å². The van der Waals surface area contributed by atoms with Crippen molar-refractivity contribution in [2.45, 2.75) is 33.0 Å². The Morgan fingerprint density at radius 2 is 1.74 bits per heavy atom. The number of nitrogens with zero attached hydrogens (tertiary/aromatic N) is 2. The predicted molar refractivity (Wildman–Crippen MR) is 79.5 cm³/mol. The summed E-state index contributed by atoms with van der Waals surface area (Å²) in [6, 6.07) is 16.8. The zero-order valence-corrected chi connectivity index (χ0v) is 11.6. The van der Waals surface area contributed by atoms with Gasteiger partial charge < -0.3 is 5.73 Å². The molecule has 0 radical (unpaired) electrons. The van der Waals surface area contributed by atoms with Gasteiger partial charge in [0.05, 0.1) is 5.69 Å². The topological polar surface area (TPSA) is 42.1 Å². The summed E-state index contributed by atoms with van der Waals surface area (Å²) in [4.78, 5) is 6.76. The fourth-order valence-electron chi connectivity index (χ4n) is 2.03.